The molecule has 9 rings (SSSR count). The number of benzene rings is 5. The molecule has 77 heavy (non-hydrogen) atoms. The molecule has 0 unspecified atom stereocenters. The fraction of sp³-hybridized carbons (Fsp3) is 0.477. The Morgan fingerprint density at radius 3 is 0.896 bits per heavy atom. The first-order chi connectivity index (χ1) is 37.3. The Morgan fingerprint density at radius 2 is 0.649 bits per heavy atom. The Bertz CT molecular complexity index is 2260. The second-order valence-corrected chi connectivity index (χ2v) is 26.7. The van der Waals surface area contributed by atoms with E-state index in [1.165, 1.54) is 179 Å². The highest BCUT2D eigenvalue weighted by Crippen LogP contribution is 2.36. The molecular formula is C65H86N2O5S5. The van der Waals surface area contributed by atoms with Crippen molar-refractivity contribution >= 4 is 83.1 Å². The number of hydrogen-bond donors (Lipinski definition) is 4. The molecular weight excluding hydrogens is 1050 g/mol. The fourth-order valence-corrected chi connectivity index (χ4v) is 14.9. The number of primary amides is 1. The molecule has 5 aromatic rings. The van der Waals surface area contributed by atoms with E-state index in [0.29, 0.717) is 22.9 Å². The highest BCUT2D eigenvalue weighted by molar-refractivity contribution is 8.00. The number of aromatic carboxylic acids is 1. The van der Waals surface area contributed by atoms with E-state index in [2.05, 4.69) is 60.8 Å². The number of Topliss-reactive ketones (excluding diaryl/α,β-unsaturated/α-hetero) is 2. The summed E-state index contributed by atoms with van der Waals surface area (Å²) in [5.74, 6) is -0.962. The van der Waals surface area contributed by atoms with Gasteiger partial charge in [-0.05, 0) is 156 Å². The van der Waals surface area contributed by atoms with Gasteiger partial charge in [0.25, 0.3) is 0 Å². The maximum Gasteiger partial charge on any atom is 0.335 e. The van der Waals surface area contributed by atoms with Crippen LogP contribution in [0.4, 0.5) is 0 Å². The van der Waals surface area contributed by atoms with E-state index in [0.717, 1.165) is 31.8 Å². The van der Waals surface area contributed by atoms with Crippen LogP contribution >= 0.6 is 59.7 Å². The smallest absolute Gasteiger partial charge is 0.335 e. The van der Waals surface area contributed by atoms with E-state index >= 15 is 0 Å². The van der Waals surface area contributed by atoms with Gasteiger partial charge in [-0.25, -0.2) is 4.79 Å². The zero-order chi connectivity index (χ0) is 55.0. The van der Waals surface area contributed by atoms with Crippen LogP contribution in [-0.2, 0) is 6.54 Å². The molecule has 7 nitrogen and oxygen atoms in total. The topological polar surface area (TPSA) is 141 Å². The first kappa shape index (κ1) is 63.9. The first-order valence-corrected chi connectivity index (χ1v) is 32.4. The molecule has 4 fully saturated rings. The van der Waals surface area contributed by atoms with Gasteiger partial charge in [-0.15, -0.1) is 59.7 Å². The summed E-state index contributed by atoms with van der Waals surface area (Å²) < 4.78 is 0. The standard InChI is InChI=1S/C15H20OS.C14H19NOS.C14H21NS.C14H18O2S.C8H8OS/c1-12(16)13-8-10-15(11-9-13)17-14-6-4-2-3-5-7-14;15-14(16)11-7-9-13(10-8-11)17-12-5-3-1-2-4-6-12;15-11-12-7-9-14(10-8-12)16-13-5-3-1-2-4-6-13;15-14(16)11-7-9-13(10-8-11)17-12-5-3-1-2-4-6-12;1-6(9)7-2-4-8(10)5-3-7/h8-11,14H,2-7H2,1H3;7-10,12H,1-6H2,(H2,15,16);7-10,13H,1-6,11,15H2;7-10,12H,1-6H2,(H,15,16);2-5,10H,1H3. The van der Waals surface area contributed by atoms with Crippen LogP contribution in [0.3, 0.4) is 0 Å². The molecule has 0 atom stereocenters. The zero-order valence-electron chi connectivity index (χ0n) is 45.8. The minimum absolute atomic E-state index is 0.0910. The lowest BCUT2D eigenvalue weighted by molar-refractivity contribution is 0.0696. The van der Waals surface area contributed by atoms with Crippen molar-refractivity contribution in [2.24, 2.45) is 11.5 Å². The van der Waals surface area contributed by atoms with E-state index in [4.69, 9.17) is 16.6 Å². The fourth-order valence-electron chi connectivity index (χ4n) is 9.75. The maximum absolute atomic E-state index is 11.2. The first-order valence-electron chi connectivity index (χ1n) is 28.4. The Balaban J connectivity index is 0.000000179. The van der Waals surface area contributed by atoms with Crippen molar-refractivity contribution in [1.82, 2.24) is 0 Å². The van der Waals surface area contributed by atoms with Gasteiger partial charge in [-0.1, -0.05) is 139 Å². The highest BCUT2D eigenvalue weighted by atomic mass is 32.2. The van der Waals surface area contributed by atoms with Crippen LogP contribution in [-0.4, -0.2) is 49.5 Å². The third kappa shape index (κ3) is 26.3. The minimum Gasteiger partial charge on any atom is -0.478 e. The number of amides is 1. The zero-order valence-corrected chi connectivity index (χ0v) is 50.0. The van der Waals surface area contributed by atoms with Gasteiger partial charge in [0.15, 0.2) is 11.6 Å². The lowest BCUT2D eigenvalue weighted by Crippen LogP contribution is -2.10. The van der Waals surface area contributed by atoms with Crippen LogP contribution in [0.1, 0.15) is 215 Å². The number of carboxylic acids is 1. The van der Waals surface area contributed by atoms with Crippen molar-refractivity contribution in [3.05, 3.63) is 149 Å². The average Bonchev–Trinajstić information content (AvgIpc) is 4.06. The summed E-state index contributed by atoms with van der Waals surface area (Å²) in [7, 11) is 0. The van der Waals surface area contributed by atoms with E-state index in [-0.39, 0.29) is 17.5 Å². The molecule has 0 radical (unpaired) electrons. The second kappa shape index (κ2) is 37.1. The van der Waals surface area contributed by atoms with E-state index in [9.17, 15) is 19.2 Å². The van der Waals surface area contributed by atoms with Gasteiger partial charge in [0.2, 0.25) is 5.91 Å². The second-order valence-electron chi connectivity index (χ2n) is 20.7. The van der Waals surface area contributed by atoms with Crippen molar-refractivity contribution in [3.63, 3.8) is 0 Å². The molecule has 0 spiro atoms. The Morgan fingerprint density at radius 1 is 0.403 bits per heavy atom. The number of nitrogens with two attached hydrogens (primary N) is 2. The maximum atomic E-state index is 11.2. The quantitative estimate of drug-likeness (QED) is 0.0512. The van der Waals surface area contributed by atoms with Gasteiger partial charge < -0.3 is 16.6 Å². The number of carbonyl (C=O) groups excluding carboxylic acids is 3. The summed E-state index contributed by atoms with van der Waals surface area (Å²) >= 11 is 12.0. The molecule has 0 saturated heterocycles. The van der Waals surface area contributed by atoms with Crippen LogP contribution in [0.15, 0.2) is 146 Å². The summed E-state index contributed by atoms with van der Waals surface area (Å²) in [6, 6.07) is 38.9. The van der Waals surface area contributed by atoms with Crippen LogP contribution in [0.2, 0.25) is 0 Å². The van der Waals surface area contributed by atoms with Gasteiger partial charge in [0.1, 0.15) is 0 Å². The van der Waals surface area contributed by atoms with Crippen LogP contribution in [0.5, 0.6) is 0 Å². The summed E-state index contributed by atoms with van der Waals surface area (Å²) in [4.78, 5) is 49.7. The molecule has 4 aliphatic rings. The number of ketones is 2. The van der Waals surface area contributed by atoms with Crippen molar-refractivity contribution in [3.8, 4) is 0 Å². The summed E-state index contributed by atoms with van der Waals surface area (Å²) in [5, 5.41) is 11.9. The lowest BCUT2D eigenvalue weighted by atomic mass is 10.2. The molecule has 4 saturated carbocycles. The molecule has 0 aromatic heterocycles. The molecule has 5 N–H and O–H groups in total. The van der Waals surface area contributed by atoms with Crippen molar-refractivity contribution in [2.45, 2.75) is 220 Å². The van der Waals surface area contributed by atoms with Crippen molar-refractivity contribution in [2.75, 3.05) is 0 Å². The van der Waals surface area contributed by atoms with Gasteiger partial charge in [-0.2, -0.15) is 0 Å². The minimum atomic E-state index is -0.851. The number of carbonyl (C=O) groups is 4. The molecule has 5 aromatic carbocycles. The molecule has 0 aliphatic heterocycles. The number of thiol groups is 1. The van der Waals surface area contributed by atoms with Crippen LogP contribution < -0.4 is 11.5 Å². The average molecular weight is 1140 g/mol. The van der Waals surface area contributed by atoms with Crippen LogP contribution in [0, 0.1) is 0 Å². The van der Waals surface area contributed by atoms with E-state index < -0.39 is 5.97 Å². The van der Waals surface area contributed by atoms with E-state index in [1.807, 2.05) is 83.8 Å². The predicted molar refractivity (Wildman–Crippen MR) is 332 cm³/mol. The summed E-state index contributed by atoms with van der Waals surface area (Å²) in [6.45, 7) is 3.81. The van der Waals surface area contributed by atoms with Crippen molar-refractivity contribution < 1.29 is 24.3 Å². The van der Waals surface area contributed by atoms with Crippen molar-refractivity contribution in [1.29, 1.82) is 0 Å². The molecule has 1 amide bonds. The Kier molecular flexibility index (Phi) is 30.8. The number of rotatable bonds is 13. The van der Waals surface area contributed by atoms with E-state index in [1.54, 1.807) is 50.2 Å². The lowest BCUT2D eigenvalue weighted by Gasteiger charge is -2.13. The molecule has 416 valence electrons. The normalized spacial score (nSPS) is 16.7. The van der Waals surface area contributed by atoms with Gasteiger partial charge >= 0.3 is 5.97 Å². The molecule has 0 bridgehead atoms. The highest BCUT2D eigenvalue weighted by Gasteiger charge is 2.17. The summed E-state index contributed by atoms with van der Waals surface area (Å²) in [6.07, 6.45) is 32.9. The third-order valence-electron chi connectivity index (χ3n) is 14.4. The molecule has 0 heterocycles. The number of hydrogen-bond acceptors (Lipinski definition) is 10. The van der Waals surface area contributed by atoms with Gasteiger partial charge in [0.05, 0.1) is 5.56 Å². The molecule has 4 aliphatic carbocycles. The molecule has 12 heteroatoms. The van der Waals surface area contributed by atoms with Gasteiger partial charge in [0, 0.05) is 68.7 Å². The third-order valence-corrected chi connectivity index (χ3v) is 20.0. The Hall–Kier alpha value is -3.91. The van der Waals surface area contributed by atoms with Crippen LogP contribution in [0.25, 0.3) is 0 Å². The monoisotopic (exact) mass is 1130 g/mol. The predicted octanol–water partition coefficient (Wildman–Crippen LogP) is 18.6. The summed E-state index contributed by atoms with van der Waals surface area (Å²) in [5.41, 5.74) is 14.6. The Labute approximate surface area is 484 Å². The van der Waals surface area contributed by atoms with Gasteiger partial charge in [-0.3, -0.25) is 14.4 Å². The SMILES string of the molecule is CC(=O)c1ccc(S)cc1.CC(=O)c1ccc(SC2CCCCCC2)cc1.NC(=O)c1ccc(SC2CCCCCC2)cc1.NCc1ccc(SC2CCCCCC2)cc1.O=C(O)c1ccc(SC2CCCCCC2)cc1. The number of thioether (sulfide) groups is 4. The largest absolute Gasteiger partial charge is 0.478 e. The number of carboxylic acid groups (broad SMARTS) is 1.